The summed E-state index contributed by atoms with van der Waals surface area (Å²) < 4.78 is 5.52. The van der Waals surface area contributed by atoms with E-state index in [9.17, 15) is 4.79 Å². The molecule has 2 rings (SSSR count). The van der Waals surface area contributed by atoms with Gasteiger partial charge in [0.25, 0.3) is 0 Å². The summed E-state index contributed by atoms with van der Waals surface area (Å²) >= 11 is 0. The number of morpholine rings is 1. The van der Waals surface area contributed by atoms with Gasteiger partial charge in [-0.05, 0) is 20.3 Å². The second-order valence-electron chi connectivity index (χ2n) is 5.62. The van der Waals surface area contributed by atoms with E-state index in [2.05, 4.69) is 23.6 Å². The van der Waals surface area contributed by atoms with Crippen molar-refractivity contribution in [2.24, 2.45) is 0 Å². The fourth-order valence-corrected chi connectivity index (χ4v) is 2.93. The minimum Gasteiger partial charge on any atom is -0.481 e. The van der Waals surface area contributed by atoms with Crippen molar-refractivity contribution in [2.45, 2.75) is 44.9 Å². The maximum atomic E-state index is 10.7. The van der Waals surface area contributed by atoms with Crippen molar-refractivity contribution in [3.05, 3.63) is 0 Å². The normalized spacial score (nSPS) is 31.1. The van der Waals surface area contributed by atoms with Gasteiger partial charge >= 0.3 is 5.97 Å². The summed E-state index contributed by atoms with van der Waals surface area (Å²) in [5.41, 5.74) is 0. The Hall–Kier alpha value is -0.650. The maximum Gasteiger partial charge on any atom is 0.306 e. The van der Waals surface area contributed by atoms with E-state index in [4.69, 9.17) is 9.84 Å². The molecule has 2 aliphatic rings. The molecule has 0 radical (unpaired) electrons. The molecule has 5 heteroatoms. The number of carboxylic acid groups (broad SMARTS) is 1. The summed E-state index contributed by atoms with van der Waals surface area (Å²) in [5.74, 6) is -0.767. The first kappa shape index (κ1) is 13.8. The van der Waals surface area contributed by atoms with Crippen LogP contribution < -0.4 is 0 Å². The van der Waals surface area contributed by atoms with Crippen molar-refractivity contribution in [3.8, 4) is 0 Å². The molecule has 2 unspecified atom stereocenters. The fraction of sp³-hybridized carbons (Fsp3) is 0.923. The first-order valence-corrected chi connectivity index (χ1v) is 6.87. The molecular weight excluding hydrogens is 232 g/mol. The first-order valence-electron chi connectivity index (χ1n) is 6.87. The van der Waals surface area contributed by atoms with Crippen molar-refractivity contribution in [1.82, 2.24) is 9.80 Å². The lowest BCUT2D eigenvalue weighted by Gasteiger charge is -2.36. The van der Waals surface area contributed by atoms with Gasteiger partial charge in [0.2, 0.25) is 0 Å². The van der Waals surface area contributed by atoms with E-state index in [1.807, 2.05) is 0 Å². The molecule has 0 aromatic rings. The quantitative estimate of drug-likeness (QED) is 0.800. The van der Waals surface area contributed by atoms with Gasteiger partial charge in [0.1, 0.15) is 0 Å². The Balaban J connectivity index is 1.84. The zero-order valence-electron chi connectivity index (χ0n) is 11.3. The van der Waals surface area contributed by atoms with Gasteiger partial charge < -0.3 is 9.84 Å². The molecule has 0 aliphatic carbocycles. The van der Waals surface area contributed by atoms with Gasteiger partial charge in [-0.25, -0.2) is 0 Å². The third-order valence-electron chi connectivity index (χ3n) is 4.01. The highest BCUT2D eigenvalue weighted by atomic mass is 16.5. The minimum absolute atomic E-state index is 0.122. The highest BCUT2D eigenvalue weighted by Crippen LogP contribution is 2.20. The van der Waals surface area contributed by atoms with E-state index in [0.29, 0.717) is 18.7 Å². The highest BCUT2D eigenvalue weighted by molar-refractivity contribution is 5.67. The lowest BCUT2D eigenvalue weighted by molar-refractivity contribution is -0.142. The topological polar surface area (TPSA) is 53.0 Å². The van der Waals surface area contributed by atoms with E-state index in [-0.39, 0.29) is 12.5 Å². The summed E-state index contributed by atoms with van der Waals surface area (Å²) in [6.07, 6.45) is 1.18. The molecule has 0 spiro atoms. The van der Waals surface area contributed by atoms with Crippen LogP contribution in [-0.4, -0.2) is 71.8 Å². The molecule has 0 amide bonds. The van der Waals surface area contributed by atoms with Crippen LogP contribution in [0.25, 0.3) is 0 Å². The van der Waals surface area contributed by atoms with Crippen LogP contribution in [0.3, 0.4) is 0 Å². The third-order valence-corrected chi connectivity index (χ3v) is 4.01. The molecule has 2 atom stereocenters. The van der Waals surface area contributed by atoms with E-state index in [1.54, 1.807) is 0 Å². The predicted molar refractivity (Wildman–Crippen MR) is 68.7 cm³/mol. The number of likely N-dealkylation sites (tertiary alicyclic amines) is 1. The van der Waals surface area contributed by atoms with E-state index in [1.165, 1.54) is 6.42 Å². The molecule has 0 saturated carbocycles. The molecule has 2 aliphatic heterocycles. The summed E-state index contributed by atoms with van der Waals surface area (Å²) in [6.45, 7) is 9.09. The van der Waals surface area contributed by atoms with Crippen LogP contribution in [0.2, 0.25) is 0 Å². The number of carbonyl (C=O) groups is 1. The van der Waals surface area contributed by atoms with Crippen LogP contribution in [0.5, 0.6) is 0 Å². The average molecular weight is 256 g/mol. The predicted octanol–water partition coefficient (Wildman–Crippen LogP) is 0.645. The lowest BCUT2D eigenvalue weighted by Crippen LogP contribution is -2.49. The Kier molecular flexibility index (Phi) is 4.59. The Morgan fingerprint density at radius 2 is 2.17 bits per heavy atom. The smallest absolute Gasteiger partial charge is 0.306 e. The molecule has 5 nitrogen and oxygen atoms in total. The SMILES string of the molecule is CC(C)N1CCC(N2CCOC(CC(=O)O)C2)C1. The van der Waals surface area contributed by atoms with Crippen LogP contribution in [-0.2, 0) is 9.53 Å². The van der Waals surface area contributed by atoms with Crippen molar-refractivity contribution >= 4 is 5.97 Å². The zero-order valence-corrected chi connectivity index (χ0v) is 11.3. The number of ether oxygens (including phenoxy) is 1. The number of hydrogen-bond acceptors (Lipinski definition) is 4. The van der Waals surface area contributed by atoms with Crippen LogP contribution in [0.15, 0.2) is 0 Å². The van der Waals surface area contributed by atoms with E-state index >= 15 is 0 Å². The molecule has 0 aromatic carbocycles. The second kappa shape index (κ2) is 5.99. The summed E-state index contributed by atoms with van der Waals surface area (Å²) in [4.78, 5) is 15.6. The summed E-state index contributed by atoms with van der Waals surface area (Å²) in [5, 5.41) is 8.83. The third kappa shape index (κ3) is 3.43. The van der Waals surface area contributed by atoms with E-state index < -0.39 is 5.97 Å². The van der Waals surface area contributed by atoms with E-state index in [0.717, 1.165) is 26.2 Å². The average Bonchev–Trinajstić information content (AvgIpc) is 2.77. The van der Waals surface area contributed by atoms with Gasteiger partial charge in [-0.1, -0.05) is 0 Å². The summed E-state index contributed by atoms with van der Waals surface area (Å²) in [6, 6.07) is 1.18. The molecular formula is C13H24N2O3. The monoisotopic (exact) mass is 256 g/mol. The molecule has 2 fully saturated rings. The fourth-order valence-electron chi connectivity index (χ4n) is 2.93. The Morgan fingerprint density at radius 3 is 2.78 bits per heavy atom. The molecule has 2 heterocycles. The molecule has 104 valence electrons. The van der Waals surface area contributed by atoms with Gasteiger partial charge in [0.15, 0.2) is 0 Å². The Morgan fingerprint density at radius 1 is 1.39 bits per heavy atom. The first-order chi connectivity index (χ1) is 8.56. The number of aliphatic carboxylic acids is 1. The van der Waals surface area contributed by atoms with Gasteiger partial charge in [0.05, 0.1) is 19.1 Å². The zero-order chi connectivity index (χ0) is 13.1. The number of carboxylic acids is 1. The second-order valence-corrected chi connectivity index (χ2v) is 5.62. The minimum atomic E-state index is -0.767. The number of rotatable bonds is 4. The van der Waals surface area contributed by atoms with Crippen LogP contribution in [0.1, 0.15) is 26.7 Å². The standard InChI is InChI=1S/C13H24N2O3/c1-10(2)14-4-3-11(8-14)15-5-6-18-12(9-15)7-13(16)17/h10-12H,3-9H2,1-2H3,(H,16,17). The van der Waals surface area contributed by atoms with Crippen molar-refractivity contribution < 1.29 is 14.6 Å². The van der Waals surface area contributed by atoms with Gasteiger partial charge in [-0.15, -0.1) is 0 Å². The van der Waals surface area contributed by atoms with Crippen molar-refractivity contribution in [2.75, 3.05) is 32.8 Å². The van der Waals surface area contributed by atoms with Crippen LogP contribution in [0, 0.1) is 0 Å². The van der Waals surface area contributed by atoms with Crippen LogP contribution >= 0.6 is 0 Å². The Bertz CT molecular complexity index is 296. The van der Waals surface area contributed by atoms with Crippen LogP contribution in [0.4, 0.5) is 0 Å². The van der Waals surface area contributed by atoms with Crippen molar-refractivity contribution in [1.29, 1.82) is 0 Å². The molecule has 18 heavy (non-hydrogen) atoms. The number of nitrogens with zero attached hydrogens (tertiary/aromatic N) is 2. The maximum absolute atomic E-state index is 10.7. The molecule has 2 saturated heterocycles. The lowest BCUT2D eigenvalue weighted by atomic mass is 10.1. The van der Waals surface area contributed by atoms with Gasteiger partial charge in [0, 0.05) is 38.3 Å². The Labute approximate surface area is 109 Å². The molecule has 1 N–H and O–H groups in total. The number of hydrogen-bond donors (Lipinski definition) is 1. The van der Waals surface area contributed by atoms with Crippen molar-refractivity contribution in [3.63, 3.8) is 0 Å². The largest absolute Gasteiger partial charge is 0.481 e. The van der Waals surface area contributed by atoms with Gasteiger partial charge in [-0.2, -0.15) is 0 Å². The highest BCUT2D eigenvalue weighted by Gasteiger charge is 2.32. The molecule has 0 bridgehead atoms. The molecule has 0 aromatic heterocycles. The van der Waals surface area contributed by atoms with Gasteiger partial charge in [-0.3, -0.25) is 14.6 Å². The summed E-state index contributed by atoms with van der Waals surface area (Å²) in [7, 11) is 0.